The molecule has 0 aromatic heterocycles. The van der Waals surface area contributed by atoms with E-state index in [-0.39, 0.29) is 0 Å². The number of hydrogen-bond donors (Lipinski definition) is 1. The molecule has 50 valence electrons. The summed E-state index contributed by atoms with van der Waals surface area (Å²) in [6, 6.07) is 0. The third kappa shape index (κ3) is 1.84. The predicted octanol–water partition coefficient (Wildman–Crippen LogP) is 1.28. The second kappa shape index (κ2) is 3.43. The Bertz CT molecular complexity index is 145. The van der Waals surface area contributed by atoms with Gasteiger partial charge in [-0.05, 0) is 6.26 Å². The van der Waals surface area contributed by atoms with Gasteiger partial charge >= 0.3 is 0 Å². The van der Waals surface area contributed by atoms with Gasteiger partial charge in [0.2, 0.25) is 0 Å². The number of nitrogens with zero attached hydrogens (tertiary/aromatic N) is 1. The Labute approximate surface area is 67.8 Å². The van der Waals surface area contributed by atoms with Crippen LogP contribution in [0, 0.1) is 0 Å². The van der Waals surface area contributed by atoms with Gasteiger partial charge in [0.15, 0.2) is 0 Å². The average molecular weight is 178 g/mol. The molecule has 0 fully saturated rings. The van der Waals surface area contributed by atoms with Crippen LogP contribution in [-0.2, 0) is 0 Å². The van der Waals surface area contributed by atoms with Crippen LogP contribution >= 0.6 is 35.7 Å². The van der Waals surface area contributed by atoms with Crippen molar-refractivity contribution in [2.24, 2.45) is 5.10 Å². The second-order valence-electron chi connectivity index (χ2n) is 1.38. The smallest absolute Gasteiger partial charge is 0.141 e. The third-order valence-corrected chi connectivity index (χ3v) is 3.36. The van der Waals surface area contributed by atoms with E-state index in [1.807, 2.05) is 6.26 Å². The van der Waals surface area contributed by atoms with Crippen LogP contribution in [0.3, 0.4) is 0 Å². The fraction of sp³-hybridized carbons (Fsp3) is 0.500. The van der Waals surface area contributed by atoms with Gasteiger partial charge in [0.25, 0.3) is 0 Å². The molecule has 1 N–H and O–H groups in total. The maximum atomic E-state index is 4.69. The predicted molar refractivity (Wildman–Crippen MR) is 49.1 cm³/mol. The fourth-order valence-electron chi connectivity index (χ4n) is 0.434. The zero-order chi connectivity index (χ0) is 6.69. The maximum absolute atomic E-state index is 4.69. The van der Waals surface area contributed by atoms with Crippen molar-refractivity contribution in [3.8, 4) is 0 Å². The Hall–Kier alpha value is 0.260. The van der Waals surface area contributed by atoms with Crippen molar-refractivity contribution < 1.29 is 0 Å². The van der Waals surface area contributed by atoms with Crippen molar-refractivity contribution in [1.29, 1.82) is 0 Å². The zero-order valence-corrected chi connectivity index (χ0v) is 7.28. The summed E-state index contributed by atoms with van der Waals surface area (Å²) in [5.41, 5.74) is 2.92. The molecule has 0 saturated carbocycles. The van der Waals surface area contributed by atoms with Crippen LogP contribution in [0.1, 0.15) is 0 Å². The lowest BCUT2D eigenvalue weighted by Gasteiger charge is -2.00. The minimum Gasteiger partial charge on any atom is -0.286 e. The first-order valence-corrected chi connectivity index (χ1v) is 4.98. The molecule has 1 atom stereocenters. The molecular weight excluding hydrogens is 172 g/mol. The summed E-state index contributed by atoms with van der Waals surface area (Å²) in [5.74, 6) is 0. The van der Waals surface area contributed by atoms with Crippen LogP contribution in [-0.4, -0.2) is 21.4 Å². The molecular formula is C4H6N2S3. The van der Waals surface area contributed by atoms with Gasteiger partial charge in [0.05, 0.1) is 0 Å². The summed E-state index contributed by atoms with van der Waals surface area (Å²) in [7, 11) is 0. The molecule has 1 aliphatic heterocycles. The van der Waals surface area contributed by atoms with E-state index in [4.69, 9.17) is 0 Å². The van der Waals surface area contributed by atoms with Crippen LogP contribution in [0.2, 0.25) is 0 Å². The third-order valence-electron chi connectivity index (χ3n) is 0.823. The lowest BCUT2D eigenvalue weighted by atomic mass is 10.9. The number of rotatable bonds is 2. The molecule has 9 heavy (non-hydrogen) atoms. The Morgan fingerprint density at radius 1 is 2.00 bits per heavy atom. The Kier molecular flexibility index (Phi) is 2.81. The quantitative estimate of drug-likeness (QED) is 0.644. The van der Waals surface area contributed by atoms with E-state index in [1.54, 1.807) is 28.9 Å². The number of hydrazone groups is 1. The number of nitrogens with one attached hydrogen (secondary N) is 1. The first-order chi connectivity index (χ1) is 4.36. The van der Waals surface area contributed by atoms with E-state index >= 15 is 0 Å². The van der Waals surface area contributed by atoms with Gasteiger partial charge < -0.3 is 0 Å². The van der Waals surface area contributed by atoms with Crippen molar-refractivity contribution in [3.05, 3.63) is 0 Å². The molecule has 0 aliphatic carbocycles. The van der Waals surface area contributed by atoms with E-state index in [2.05, 4.69) is 22.7 Å². The average Bonchev–Trinajstić information content (AvgIpc) is 2.34. The summed E-state index contributed by atoms with van der Waals surface area (Å²) in [5, 5.41) is 6.45. The highest BCUT2D eigenvalue weighted by molar-refractivity contribution is 8.26. The van der Waals surface area contributed by atoms with E-state index in [0.717, 1.165) is 5.04 Å². The van der Waals surface area contributed by atoms with E-state index in [0.29, 0.717) is 4.71 Å². The summed E-state index contributed by atoms with van der Waals surface area (Å²) < 4.78 is 0.360. The summed E-state index contributed by atoms with van der Waals surface area (Å²) in [6.07, 6.45) is 2.03. The van der Waals surface area contributed by atoms with Gasteiger partial charge in [-0.3, -0.25) is 5.43 Å². The summed E-state index contributed by atoms with van der Waals surface area (Å²) >= 11 is 8.06. The zero-order valence-electron chi connectivity index (χ0n) is 4.83. The minimum absolute atomic E-state index is 0.360. The fourth-order valence-corrected chi connectivity index (χ4v) is 1.98. The van der Waals surface area contributed by atoms with Crippen molar-refractivity contribution in [3.63, 3.8) is 0 Å². The molecule has 1 heterocycles. The van der Waals surface area contributed by atoms with Gasteiger partial charge in [0.1, 0.15) is 9.75 Å². The SMILES string of the molecule is CSC1NN=C(C=S)S1. The first-order valence-electron chi connectivity index (χ1n) is 2.34. The number of hydrogen-bond acceptors (Lipinski definition) is 5. The lowest BCUT2D eigenvalue weighted by Crippen LogP contribution is -2.09. The standard InChI is InChI=1S/C4H6N2S3/c1-8-4-6-5-3(2-7)9-4/h2,4,6H,1H3. The van der Waals surface area contributed by atoms with Crippen LogP contribution in [0.25, 0.3) is 0 Å². The molecule has 1 aliphatic rings. The molecule has 0 radical (unpaired) electrons. The maximum Gasteiger partial charge on any atom is 0.141 e. The van der Waals surface area contributed by atoms with Crippen LogP contribution in [0.15, 0.2) is 5.10 Å². The molecule has 0 bridgehead atoms. The molecule has 2 nitrogen and oxygen atoms in total. The molecule has 1 rings (SSSR count). The van der Waals surface area contributed by atoms with Gasteiger partial charge in [-0.2, -0.15) is 5.10 Å². The molecule has 0 aromatic carbocycles. The Balaban J connectivity index is 2.39. The van der Waals surface area contributed by atoms with Gasteiger partial charge in [-0.1, -0.05) is 24.0 Å². The number of thiocarbonyl (C=S) groups is 1. The van der Waals surface area contributed by atoms with Crippen molar-refractivity contribution in [1.82, 2.24) is 5.43 Å². The summed E-state index contributed by atoms with van der Waals surface area (Å²) in [6.45, 7) is 0. The minimum atomic E-state index is 0.360. The largest absolute Gasteiger partial charge is 0.286 e. The van der Waals surface area contributed by atoms with Crippen molar-refractivity contribution >= 4 is 46.2 Å². The van der Waals surface area contributed by atoms with Crippen LogP contribution < -0.4 is 5.43 Å². The number of thioether (sulfide) groups is 2. The van der Waals surface area contributed by atoms with E-state index in [1.165, 1.54) is 0 Å². The highest BCUT2D eigenvalue weighted by Crippen LogP contribution is 2.23. The van der Waals surface area contributed by atoms with E-state index < -0.39 is 0 Å². The molecule has 0 amide bonds. The Morgan fingerprint density at radius 3 is 3.11 bits per heavy atom. The van der Waals surface area contributed by atoms with Gasteiger partial charge in [-0.15, -0.1) is 11.8 Å². The monoisotopic (exact) mass is 178 g/mol. The molecule has 1 unspecified atom stereocenters. The topological polar surface area (TPSA) is 24.4 Å². The van der Waals surface area contributed by atoms with Crippen molar-refractivity contribution in [2.75, 3.05) is 6.26 Å². The molecule has 0 saturated heterocycles. The van der Waals surface area contributed by atoms with Crippen molar-refractivity contribution in [2.45, 2.75) is 4.71 Å². The highest BCUT2D eigenvalue weighted by atomic mass is 32.2. The van der Waals surface area contributed by atoms with Crippen LogP contribution in [0.5, 0.6) is 0 Å². The molecule has 0 spiro atoms. The van der Waals surface area contributed by atoms with E-state index in [9.17, 15) is 0 Å². The van der Waals surface area contributed by atoms with Crippen LogP contribution in [0.4, 0.5) is 0 Å². The normalized spacial score (nSPS) is 25.0. The molecule has 5 heteroatoms. The lowest BCUT2D eigenvalue weighted by molar-refractivity contribution is 0.859. The Morgan fingerprint density at radius 2 is 2.78 bits per heavy atom. The van der Waals surface area contributed by atoms with Gasteiger partial charge in [-0.25, -0.2) is 0 Å². The first kappa shape index (κ1) is 7.37. The molecule has 0 aromatic rings. The highest BCUT2D eigenvalue weighted by Gasteiger charge is 2.14. The second-order valence-corrected chi connectivity index (χ2v) is 3.98. The van der Waals surface area contributed by atoms with Gasteiger partial charge in [0, 0.05) is 5.37 Å². The summed E-state index contributed by atoms with van der Waals surface area (Å²) in [4.78, 5) is 0.